The summed E-state index contributed by atoms with van der Waals surface area (Å²) >= 11 is 11.9. The van der Waals surface area contributed by atoms with Gasteiger partial charge in [-0.25, -0.2) is 4.79 Å². The molecule has 5 nitrogen and oxygen atoms in total. The van der Waals surface area contributed by atoms with Gasteiger partial charge in [0.05, 0.1) is 22.0 Å². The third-order valence-electron chi connectivity index (χ3n) is 2.94. The number of nitrogens with one attached hydrogen (secondary N) is 1. The Morgan fingerprint density at radius 1 is 1.23 bits per heavy atom. The summed E-state index contributed by atoms with van der Waals surface area (Å²) in [5.74, 6) is -0.754. The predicted molar refractivity (Wildman–Crippen MR) is 83.4 cm³/mol. The molecule has 1 atom stereocenters. The first-order valence-electron chi connectivity index (χ1n) is 6.40. The van der Waals surface area contributed by atoms with Crippen LogP contribution in [-0.4, -0.2) is 18.0 Å². The van der Waals surface area contributed by atoms with Crippen molar-refractivity contribution >= 4 is 40.8 Å². The fourth-order valence-corrected chi connectivity index (χ4v) is 2.21. The van der Waals surface area contributed by atoms with Crippen LogP contribution in [0.1, 0.15) is 23.0 Å². The van der Waals surface area contributed by atoms with Gasteiger partial charge in [0.1, 0.15) is 11.3 Å². The molecule has 1 aromatic carbocycles. The molecule has 0 saturated heterocycles. The van der Waals surface area contributed by atoms with Crippen molar-refractivity contribution in [3.63, 3.8) is 0 Å². The fourth-order valence-electron chi connectivity index (χ4n) is 1.72. The maximum absolute atomic E-state index is 12.1. The maximum Gasteiger partial charge on any atom is 0.342 e. The number of esters is 1. The van der Waals surface area contributed by atoms with Crippen LogP contribution in [0.4, 0.5) is 5.69 Å². The number of amides is 1. The summed E-state index contributed by atoms with van der Waals surface area (Å²) in [6, 6.07) is 6.32. The van der Waals surface area contributed by atoms with Crippen LogP contribution in [0.2, 0.25) is 10.0 Å². The van der Waals surface area contributed by atoms with Crippen molar-refractivity contribution in [2.24, 2.45) is 0 Å². The molecule has 0 fully saturated rings. The molecule has 22 heavy (non-hydrogen) atoms. The first-order chi connectivity index (χ1) is 10.4. The minimum atomic E-state index is -1.02. The van der Waals surface area contributed by atoms with Crippen LogP contribution in [-0.2, 0) is 9.53 Å². The molecule has 0 saturated carbocycles. The molecule has 0 bridgehead atoms. The summed E-state index contributed by atoms with van der Waals surface area (Å²) in [6.07, 6.45) is 0.356. The Bertz CT molecular complexity index is 691. The number of anilines is 1. The number of hydrogen-bond donors (Lipinski definition) is 1. The molecule has 0 unspecified atom stereocenters. The van der Waals surface area contributed by atoms with Gasteiger partial charge in [0.2, 0.25) is 0 Å². The summed E-state index contributed by atoms with van der Waals surface area (Å²) in [6.45, 7) is 3.08. The van der Waals surface area contributed by atoms with Gasteiger partial charge >= 0.3 is 5.97 Å². The van der Waals surface area contributed by atoms with Gasteiger partial charge in [-0.1, -0.05) is 29.3 Å². The van der Waals surface area contributed by atoms with Gasteiger partial charge in [-0.15, -0.1) is 0 Å². The molecular weight excluding hydrogens is 329 g/mol. The van der Waals surface area contributed by atoms with E-state index in [1.165, 1.54) is 19.3 Å². The molecule has 0 radical (unpaired) electrons. The number of para-hydroxylation sites is 1. The van der Waals surface area contributed by atoms with Crippen molar-refractivity contribution in [2.45, 2.75) is 20.0 Å². The van der Waals surface area contributed by atoms with E-state index in [2.05, 4.69) is 5.32 Å². The molecule has 116 valence electrons. The largest absolute Gasteiger partial charge is 0.469 e. The first-order valence-corrected chi connectivity index (χ1v) is 7.15. The highest BCUT2D eigenvalue weighted by molar-refractivity contribution is 6.39. The second kappa shape index (κ2) is 6.85. The number of halogens is 2. The minimum absolute atomic E-state index is 0.274. The lowest BCUT2D eigenvalue weighted by Gasteiger charge is -2.14. The lowest BCUT2D eigenvalue weighted by atomic mass is 10.2. The topological polar surface area (TPSA) is 68.5 Å². The molecule has 1 aromatic heterocycles. The summed E-state index contributed by atoms with van der Waals surface area (Å²) in [4.78, 5) is 24.0. The van der Waals surface area contributed by atoms with Crippen molar-refractivity contribution in [1.82, 2.24) is 0 Å². The van der Waals surface area contributed by atoms with E-state index in [0.29, 0.717) is 15.8 Å². The maximum atomic E-state index is 12.1. The molecule has 2 rings (SSSR count). The van der Waals surface area contributed by atoms with Crippen LogP contribution in [0.25, 0.3) is 0 Å². The smallest absolute Gasteiger partial charge is 0.342 e. The van der Waals surface area contributed by atoms with E-state index >= 15 is 0 Å². The molecule has 1 heterocycles. The van der Waals surface area contributed by atoms with E-state index in [1.54, 1.807) is 25.1 Å². The molecular formula is C15H13Cl2NO4. The van der Waals surface area contributed by atoms with E-state index in [4.69, 9.17) is 32.4 Å². The lowest BCUT2D eigenvalue weighted by molar-refractivity contribution is -0.123. The van der Waals surface area contributed by atoms with Crippen LogP contribution < -0.4 is 5.32 Å². The SMILES string of the molecule is Cc1occc1C(=O)O[C@@H](C)C(=O)Nc1c(Cl)cccc1Cl. The summed E-state index contributed by atoms with van der Waals surface area (Å²) in [5.41, 5.74) is 0.550. The Balaban J connectivity index is 2.04. The Morgan fingerprint density at radius 2 is 1.86 bits per heavy atom. The summed E-state index contributed by atoms with van der Waals surface area (Å²) in [5, 5.41) is 3.13. The van der Waals surface area contributed by atoms with Crippen LogP contribution in [0.5, 0.6) is 0 Å². The molecule has 0 aliphatic heterocycles. The first kappa shape index (κ1) is 16.4. The Hall–Kier alpha value is -1.98. The second-order valence-electron chi connectivity index (χ2n) is 4.52. The van der Waals surface area contributed by atoms with Gasteiger partial charge < -0.3 is 14.5 Å². The van der Waals surface area contributed by atoms with Crippen molar-refractivity contribution in [3.05, 3.63) is 51.9 Å². The molecule has 1 N–H and O–H groups in total. The third-order valence-corrected chi connectivity index (χ3v) is 3.57. The van der Waals surface area contributed by atoms with Crippen LogP contribution >= 0.6 is 23.2 Å². The van der Waals surface area contributed by atoms with Gasteiger partial charge in [0, 0.05) is 0 Å². The zero-order valence-corrected chi connectivity index (χ0v) is 13.4. The van der Waals surface area contributed by atoms with Crippen molar-refractivity contribution in [2.75, 3.05) is 5.32 Å². The number of ether oxygens (including phenoxy) is 1. The molecule has 7 heteroatoms. The van der Waals surface area contributed by atoms with Crippen molar-refractivity contribution < 1.29 is 18.7 Å². The fraction of sp³-hybridized carbons (Fsp3) is 0.200. The Kier molecular flexibility index (Phi) is 5.11. The normalized spacial score (nSPS) is 11.8. The van der Waals surface area contributed by atoms with Crippen LogP contribution in [0.15, 0.2) is 34.9 Å². The highest BCUT2D eigenvalue weighted by Crippen LogP contribution is 2.30. The quantitative estimate of drug-likeness (QED) is 0.850. The van der Waals surface area contributed by atoms with Crippen LogP contribution in [0.3, 0.4) is 0 Å². The van der Waals surface area contributed by atoms with Gasteiger partial charge in [0.25, 0.3) is 5.91 Å². The molecule has 0 aliphatic carbocycles. The third kappa shape index (κ3) is 3.61. The Labute approximate surface area is 137 Å². The second-order valence-corrected chi connectivity index (χ2v) is 5.34. The number of aryl methyl sites for hydroxylation is 1. The average Bonchev–Trinajstić information content (AvgIpc) is 2.89. The monoisotopic (exact) mass is 341 g/mol. The number of hydrogen-bond acceptors (Lipinski definition) is 4. The van der Waals surface area contributed by atoms with Crippen molar-refractivity contribution in [3.8, 4) is 0 Å². The summed E-state index contributed by atoms with van der Waals surface area (Å²) < 4.78 is 10.1. The molecule has 1 amide bonds. The Morgan fingerprint density at radius 3 is 2.41 bits per heavy atom. The molecule has 2 aromatic rings. The number of furan rings is 1. The number of benzene rings is 1. The van der Waals surface area contributed by atoms with Gasteiger partial charge in [-0.2, -0.15) is 0 Å². The zero-order chi connectivity index (χ0) is 16.3. The van der Waals surface area contributed by atoms with E-state index in [0.717, 1.165) is 0 Å². The average molecular weight is 342 g/mol. The molecule has 0 aliphatic rings. The highest BCUT2D eigenvalue weighted by Gasteiger charge is 2.22. The predicted octanol–water partition coefficient (Wildman–Crippen LogP) is 4.08. The molecule has 0 spiro atoms. The van der Waals surface area contributed by atoms with E-state index < -0.39 is 18.0 Å². The minimum Gasteiger partial charge on any atom is -0.469 e. The number of carbonyl (C=O) groups excluding carboxylic acids is 2. The standard InChI is InChI=1S/C15H13Cl2NO4/c1-8-10(6-7-21-8)15(20)22-9(2)14(19)18-13-11(16)4-3-5-12(13)17/h3-7,9H,1-2H3,(H,18,19)/t9-/m0/s1. The van der Waals surface area contributed by atoms with Gasteiger partial charge in [-0.3, -0.25) is 4.79 Å². The van der Waals surface area contributed by atoms with E-state index in [1.807, 2.05) is 0 Å². The van der Waals surface area contributed by atoms with Crippen molar-refractivity contribution in [1.29, 1.82) is 0 Å². The van der Waals surface area contributed by atoms with E-state index in [9.17, 15) is 9.59 Å². The number of carbonyl (C=O) groups is 2. The van der Waals surface area contributed by atoms with E-state index in [-0.39, 0.29) is 11.3 Å². The summed E-state index contributed by atoms with van der Waals surface area (Å²) in [7, 11) is 0. The lowest BCUT2D eigenvalue weighted by Crippen LogP contribution is -2.30. The van der Waals surface area contributed by atoms with Crippen LogP contribution in [0, 0.1) is 6.92 Å². The highest BCUT2D eigenvalue weighted by atomic mass is 35.5. The van der Waals surface area contributed by atoms with Gasteiger partial charge in [-0.05, 0) is 32.0 Å². The zero-order valence-electron chi connectivity index (χ0n) is 11.9. The number of rotatable bonds is 4. The van der Waals surface area contributed by atoms with Gasteiger partial charge in [0.15, 0.2) is 6.10 Å².